The van der Waals surface area contributed by atoms with E-state index in [1.54, 1.807) is 12.3 Å². The first-order valence-electron chi connectivity index (χ1n) is 4.24. The average molecular weight is 247 g/mol. The molecule has 0 spiro atoms. The SMILES string of the molecule is CS(=O)(=O)CCSc1ccnc(NN)c1. The third-order valence-electron chi connectivity index (χ3n) is 1.60. The topological polar surface area (TPSA) is 85.1 Å². The van der Waals surface area contributed by atoms with Crippen LogP contribution in [0.5, 0.6) is 0 Å². The maximum atomic E-state index is 10.9. The molecule has 0 amide bonds. The minimum atomic E-state index is -2.89. The van der Waals surface area contributed by atoms with Crippen LogP contribution < -0.4 is 11.3 Å². The standard InChI is InChI=1S/C8H13N3O2S2/c1-15(12,13)5-4-14-7-2-3-10-8(6-7)11-9/h2-3,6H,4-5,9H2,1H3,(H,10,11). The number of rotatable bonds is 5. The highest BCUT2D eigenvalue weighted by molar-refractivity contribution is 8.00. The number of anilines is 1. The van der Waals surface area contributed by atoms with Gasteiger partial charge in [-0.05, 0) is 12.1 Å². The van der Waals surface area contributed by atoms with Gasteiger partial charge in [0.15, 0.2) is 0 Å². The quantitative estimate of drug-likeness (QED) is 0.448. The molecule has 0 bridgehead atoms. The summed E-state index contributed by atoms with van der Waals surface area (Å²) in [6, 6.07) is 3.58. The molecular weight excluding hydrogens is 234 g/mol. The molecule has 0 saturated heterocycles. The van der Waals surface area contributed by atoms with Crippen LogP contribution in [0.3, 0.4) is 0 Å². The first-order valence-corrected chi connectivity index (χ1v) is 7.29. The number of nitrogens with zero attached hydrogens (tertiary/aromatic N) is 1. The molecule has 0 aliphatic heterocycles. The van der Waals surface area contributed by atoms with E-state index < -0.39 is 9.84 Å². The highest BCUT2D eigenvalue weighted by atomic mass is 32.2. The number of aromatic nitrogens is 1. The largest absolute Gasteiger partial charge is 0.308 e. The number of nitrogens with one attached hydrogen (secondary N) is 1. The second-order valence-corrected chi connectivity index (χ2v) is 6.43. The third-order valence-corrected chi connectivity index (χ3v) is 3.80. The van der Waals surface area contributed by atoms with Gasteiger partial charge in [-0.15, -0.1) is 11.8 Å². The molecule has 84 valence electrons. The smallest absolute Gasteiger partial charge is 0.148 e. The Morgan fingerprint density at radius 2 is 2.33 bits per heavy atom. The van der Waals surface area contributed by atoms with E-state index in [9.17, 15) is 8.42 Å². The van der Waals surface area contributed by atoms with Crippen LogP contribution in [0.4, 0.5) is 5.82 Å². The zero-order valence-electron chi connectivity index (χ0n) is 8.30. The fourth-order valence-electron chi connectivity index (χ4n) is 0.891. The van der Waals surface area contributed by atoms with Crippen LogP contribution in [-0.2, 0) is 9.84 Å². The van der Waals surface area contributed by atoms with Crippen molar-refractivity contribution in [3.63, 3.8) is 0 Å². The number of nitrogens with two attached hydrogens (primary N) is 1. The summed E-state index contributed by atoms with van der Waals surface area (Å²) in [5, 5.41) is 0. The van der Waals surface area contributed by atoms with Gasteiger partial charge in [0, 0.05) is 23.1 Å². The summed E-state index contributed by atoms with van der Waals surface area (Å²) in [6.45, 7) is 0. The highest BCUT2D eigenvalue weighted by Gasteiger charge is 2.03. The Labute approximate surface area is 93.4 Å². The number of hydrazine groups is 1. The van der Waals surface area contributed by atoms with Crippen molar-refractivity contribution in [3.05, 3.63) is 18.3 Å². The number of nitrogen functional groups attached to an aromatic ring is 1. The van der Waals surface area contributed by atoms with Crippen LogP contribution in [0.2, 0.25) is 0 Å². The number of sulfone groups is 1. The second kappa shape index (κ2) is 5.34. The summed E-state index contributed by atoms with van der Waals surface area (Å²) in [6.07, 6.45) is 2.85. The van der Waals surface area contributed by atoms with E-state index in [4.69, 9.17) is 5.84 Å². The zero-order valence-corrected chi connectivity index (χ0v) is 9.94. The molecule has 0 saturated carbocycles. The van der Waals surface area contributed by atoms with Gasteiger partial charge in [0.05, 0.1) is 5.75 Å². The molecule has 3 N–H and O–H groups in total. The van der Waals surface area contributed by atoms with E-state index in [2.05, 4.69) is 10.4 Å². The second-order valence-electron chi connectivity index (χ2n) is 3.00. The molecule has 1 heterocycles. The van der Waals surface area contributed by atoms with Crippen LogP contribution >= 0.6 is 11.8 Å². The Morgan fingerprint density at radius 1 is 1.60 bits per heavy atom. The van der Waals surface area contributed by atoms with Gasteiger partial charge in [0.2, 0.25) is 0 Å². The summed E-state index contributed by atoms with van der Waals surface area (Å²) < 4.78 is 21.8. The maximum Gasteiger partial charge on any atom is 0.148 e. The van der Waals surface area contributed by atoms with Crippen molar-refractivity contribution in [1.82, 2.24) is 4.98 Å². The van der Waals surface area contributed by atoms with Crippen molar-refractivity contribution in [3.8, 4) is 0 Å². The molecule has 15 heavy (non-hydrogen) atoms. The van der Waals surface area contributed by atoms with Gasteiger partial charge in [-0.3, -0.25) is 0 Å². The Morgan fingerprint density at radius 3 is 2.93 bits per heavy atom. The predicted octanol–water partition coefficient (Wildman–Crippen LogP) is 0.504. The molecule has 1 aromatic rings. The number of thioether (sulfide) groups is 1. The molecule has 0 atom stereocenters. The molecule has 7 heteroatoms. The molecular formula is C8H13N3O2S2. The maximum absolute atomic E-state index is 10.9. The van der Waals surface area contributed by atoms with E-state index in [0.717, 1.165) is 4.90 Å². The van der Waals surface area contributed by atoms with Gasteiger partial charge in [-0.2, -0.15) is 0 Å². The molecule has 0 aromatic carbocycles. The number of hydrogen-bond acceptors (Lipinski definition) is 6. The van der Waals surface area contributed by atoms with E-state index in [-0.39, 0.29) is 5.75 Å². The minimum Gasteiger partial charge on any atom is -0.308 e. The van der Waals surface area contributed by atoms with Gasteiger partial charge < -0.3 is 5.43 Å². The van der Waals surface area contributed by atoms with Crippen molar-refractivity contribution in [1.29, 1.82) is 0 Å². The molecule has 0 aliphatic carbocycles. The number of pyridine rings is 1. The van der Waals surface area contributed by atoms with Gasteiger partial charge in [0.25, 0.3) is 0 Å². The van der Waals surface area contributed by atoms with Gasteiger partial charge >= 0.3 is 0 Å². The third kappa shape index (κ3) is 5.01. The van der Waals surface area contributed by atoms with Crippen LogP contribution in [0, 0.1) is 0 Å². The summed E-state index contributed by atoms with van der Waals surface area (Å²) >= 11 is 1.46. The molecule has 0 fully saturated rings. The number of hydrogen-bond donors (Lipinski definition) is 2. The Balaban J connectivity index is 2.51. The van der Waals surface area contributed by atoms with E-state index in [1.165, 1.54) is 18.0 Å². The predicted molar refractivity (Wildman–Crippen MR) is 62.5 cm³/mol. The Bertz CT molecular complexity index is 420. The van der Waals surface area contributed by atoms with E-state index in [0.29, 0.717) is 11.6 Å². The molecule has 1 rings (SSSR count). The van der Waals surface area contributed by atoms with Crippen LogP contribution in [0.25, 0.3) is 0 Å². The van der Waals surface area contributed by atoms with Crippen LogP contribution in [0.1, 0.15) is 0 Å². The molecule has 0 unspecified atom stereocenters. The lowest BCUT2D eigenvalue weighted by Crippen LogP contribution is -2.08. The molecule has 1 aromatic heterocycles. The first kappa shape index (κ1) is 12.3. The Kier molecular flexibility index (Phi) is 4.37. The van der Waals surface area contributed by atoms with Crippen molar-refractivity contribution in [2.75, 3.05) is 23.2 Å². The van der Waals surface area contributed by atoms with Crippen molar-refractivity contribution >= 4 is 27.4 Å². The van der Waals surface area contributed by atoms with Crippen molar-refractivity contribution in [2.45, 2.75) is 4.90 Å². The lowest BCUT2D eigenvalue weighted by atomic mass is 10.5. The summed E-state index contributed by atoms with van der Waals surface area (Å²) in [5.41, 5.74) is 2.43. The van der Waals surface area contributed by atoms with E-state index in [1.807, 2.05) is 6.07 Å². The van der Waals surface area contributed by atoms with Gasteiger partial charge in [-0.1, -0.05) is 0 Å². The molecule has 0 radical (unpaired) electrons. The molecule has 0 aliphatic rings. The van der Waals surface area contributed by atoms with E-state index >= 15 is 0 Å². The lowest BCUT2D eigenvalue weighted by molar-refractivity contribution is 0.603. The summed E-state index contributed by atoms with van der Waals surface area (Å²) in [7, 11) is -2.89. The summed E-state index contributed by atoms with van der Waals surface area (Å²) in [5.74, 6) is 6.47. The lowest BCUT2D eigenvalue weighted by Gasteiger charge is -2.02. The normalized spacial score (nSPS) is 11.3. The molecule has 5 nitrogen and oxygen atoms in total. The fraction of sp³-hybridized carbons (Fsp3) is 0.375. The van der Waals surface area contributed by atoms with Crippen LogP contribution in [-0.4, -0.2) is 31.2 Å². The monoisotopic (exact) mass is 247 g/mol. The van der Waals surface area contributed by atoms with Crippen LogP contribution in [0.15, 0.2) is 23.2 Å². The first-order chi connectivity index (χ1) is 7.01. The van der Waals surface area contributed by atoms with Crippen molar-refractivity contribution < 1.29 is 8.42 Å². The summed E-state index contributed by atoms with van der Waals surface area (Å²) in [4.78, 5) is 4.89. The highest BCUT2D eigenvalue weighted by Crippen LogP contribution is 2.19. The zero-order chi connectivity index (χ0) is 11.3. The minimum absolute atomic E-state index is 0.172. The van der Waals surface area contributed by atoms with Gasteiger partial charge in [0.1, 0.15) is 15.7 Å². The fourth-order valence-corrected chi connectivity index (χ4v) is 3.02. The Hall–Kier alpha value is -0.790. The van der Waals surface area contributed by atoms with Crippen molar-refractivity contribution in [2.24, 2.45) is 5.84 Å². The van der Waals surface area contributed by atoms with Gasteiger partial charge in [-0.25, -0.2) is 19.2 Å². The average Bonchev–Trinajstić information content (AvgIpc) is 2.16.